The minimum atomic E-state index is -0.280. The Balaban J connectivity index is 1.42. The highest BCUT2D eigenvalue weighted by atomic mass is 32.1. The van der Waals surface area contributed by atoms with Crippen molar-refractivity contribution in [1.29, 1.82) is 0 Å². The largest absolute Gasteiger partial charge is 0.450 e. The summed E-state index contributed by atoms with van der Waals surface area (Å²) in [7, 11) is 0. The van der Waals surface area contributed by atoms with Crippen molar-refractivity contribution in [1.82, 2.24) is 19.8 Å². The summed E-state index contributed by atoms with van der Waals surface area (Å²) >= 11 is 1.49. The fourth-order valence-corrected chi connectivity index (χ4v) is 4.73. The number of likely N-dealkylation sites (tertiary alicyclic amines) is 1. The van der Waals surface area contributed by atoms with Crippen molar-refractivity contribution < 1.29 is 14.3 Å². The number of thiazole rings is 1. The number of nitrogens with zero attached hydrogens (tertiary/aromatic N) is 3. The molecule has 30 heavy (non-hydrogen) atoms. The second-order valence-electron chi connectivity index (χ2n) is 7.30. The summed E-state index contributed by atoms with van der Waals surface area (Å²) in [6.45, 7) is 6.29. The molecule has 0 bridgehead atoms. The Kier molecular flexibility index (Phi) is 6.03. The number of aryl methyl sites for hydroxylation is 1. The number of fused-ring (bicyclic) bond motifs is 1. The molecule has 1 saturated heterocycles. The first-order valence-electron chi connectivity index (χ1n) is 10.4. The third-order valence-corrected chi connectivity index (χ3v) is 6.30. The average Bonchev–Trinajstić information content (AvgIpc) is 3.39. The molecule has 158 valence electrons. The zero-order chi connectivity index (χ0) is 21.1. The van der Waals surface area contributed by atoms with Crippen LogP contribution in [0.2, 0.25) is 0 Å². The van der Waals surface area contributed by atoms with Crippen molar-refractivity contribution in [2.24, 2.45) is 0 Å². The molecule has 0 unspecified atom stereocenters. The Labute approximate surface area is 179 Å². The quantitative estimate of drug-likeness (QED) is 0.665. The van der Waals surface area contributed by atoms with Crippen LogP contribution in [-0.2, 0) is 11.3 Å². The predicted molar refractivity (Wildman–Crippen MR) is 118 cm³/mol. The van der Waals surface area contributed by atoms with Gasteiger partial charge in [0.1, 0.15) is 10.7 Å². The standard InChI is InChI=1S/C22H26N4O3S/c1-3-26-18-8-6-5-7-15(18)13-19(26)21-24-17(14-30-21)20(27)23-16-9-11-25(12-10-16)22(28)29-4-2/h5-8,13-14,16H,3-4,9-12H2,1-2H3,(H,23,27). The fourth-order valence-electron chi connectivity index (χ4n) is 3.90. The zero-order valence-electron chi connectivity index (χ0n) is 17.3. The van der Waals surface area contributed by atoms with Crippen LogP contribution in [0.5, 0.6) is 0 Å². The molecule has 3 aromatic rings. The van der Waals surface area contributed by atoms with Gasteiger partial charge in [-0.1, -0.05) is 18.2 Å². The highest BCUT2D eigenvalue weighted by Gasteiger charge is 2.25. The number of rotatable bonds is 5. The number of piperidine rings is 1. The number of ether oxygens (including phenoxy) is 1. The maximum Gasteiger partial charge on any atom is 0.409 e. The Hall–Kier alpha value is -2.87. The van der Waals surface area contributed by atoms with Crippen LogP contribution in [-0.4, -0.2) is 52.2 Å². The number of nitrogens with one attached hydrogen (secondary N) is 1. The van der Waals surface area contributed by atoms with Crippen LogP contribution in [0.1, 0.15) is 37.2 Å². The molecule has 0 aliphatic carbocycles. The van der Waals surface area contributed by atoms with E-state index < -0.39 is 0 Å². The average molecular weight is 427 g/mol. The van der Waals surface area contributed by atoms with Gasteiger partial charge in [0.2, 0.25) is 0 Å². The van der Waals surface area contributed by atoms with E-state index in [0.29, 0.717) is 38.2 Å². The molecule has 1 N–H and O–H groups in total. The number of benzene rings is 1. The molecule has 0 saturated carbocycles. The van der Waals surface area contributed by atoms with E-state index in [1.54, 1.807) is 11.8 Å². The number of carbonyl (C=O) groups is 2. The summed E-state index contributed by atoms with van der Waals surface area (Å²) in [5.74, 6) is -0.161. The van der Waals surface area contributed by atoms with Gasteiger partial charge < -0.3 is 19.5 Å². The van der Waals surface area contributed by atoms with E-state index in [1.165, 1.54) is 22.2 Å². The number of amides is 2. The van der Waals surface area contributed by atoms with Gasteiger partial charge in [0, 0.05) is 42.0 Å². The van der Waals surface area contributed by atoms with Crippen LogP contribution in [0.4, 0.5) is 4.79 Å². The number of para-hydroxylation sites is 1. The second kappa shape index (κ2) is 8.87. The lowest BCUT2D eigenvalue weighted by atomic mass is 10.1. The van der Waals surface area contributed by atoms with E-state index in [1.807, 2.05) is 17.5 Å². The normalized spacial score (nSPS) is 14.8. The molecule has 1 fully saturated rings. The zero-order valence-corrected chi connectivity index (χ0v) is 18.1. The van der Waals surface area contributed by atoms with Gasteiger partial charge in [-0.25, -0.2) is 9.78 Å². The number of carbonyl (C=O) groups excluding carboxylic acids is 2. The predicted octanol–water partition coefficient (Wildman–Crippen LogP) is 4.14. The van der Waals surface area contributed by atoms with E-state index >= 15 is 0 Å². The molecule has 4 rings (SSSR count). The van der Waals surface area contributed by atoms with Gasteiger partial charge in [0.05, 0.1) is 12.3 Å². The molecule has 7 nitrogen and oxygen atoms in total. The first-order valence-corrected chi connectivity index (χ1v) is 11.3. The van der Waals surface area contributed by atoms with E-state index in [4.69, 9.17) is 4.74 Å². The third kappa shape index (κ3) is 4.05. The van der Waals surface area contributed by atoms with Crippen molar-refractivity contribution in [3.05, 3.63) is 41.4 Å². The summed E-state index contributed by atoms with van der Waals surface area (Å²) in [6, 6.07) is 10.4. The van der Waals surface area contributed by atoms with Gasteiger partial charge >= 0.3 is 6.09 Å². The van der Waals surface area contributed by atoms with E-state index in [2.05, 4.69) is 40.0 Å². The highest BCUT2D eigenvalue weighted by molar-refractivity contribution is 7.13. The van der Waals surface area contributed by atoms with Gasteiger partial charge in [-0.05, 0) is 38.8 Å². The minimum Gasteiger partial charge on any atom is -0.450 e. The van der Waals surface area contributed by atoms with Crippen LogP contribution in [0.3, 0.4) is 0 Å². The SMILES string of the molecule is CCOC(=O)N1CCC(NC(=O)c2csc(-c3cc4ccccc4n3CC)n2)CC1. The van der Waals surface area contributed by atoms with Crippen molar-refractivity contribution in [3.8, 4) is 10.7 Å². The van der Waals surface area contributed by atoms with Gasteiger partial charge in [-0.2, -0.15) is 0 Å². The maximum absolute atomic E-state index is 12.7. The summed E-state index contributed by atoms with van der Waals surface area (Å²) in [6.07, 6.45) is 1.15. The lowest BCUT2D eigenvalue weighted by Gasteiger charge is -2.31. The molecular formula is C22H26N4O3S. The van der Waals surface area contributed by atoms with Crippen molar-refractivity contribution >= 4 is 34.2 Å². The molecule has 1 aromatic carbocycles. The van der Waals surface area contributed by atoms with Gasteiger partial charge in [0.15, 0.2) is 0 Å². The van der Waals surface area contributed by atoms with Crippen molar-refractivity contribution in [2.75, 3.05) is 19.7 Å². The lowest BCUT2D eigenvalue weighted by Crippen LogP contribution is -2.46. The van der Waals surface area contributed by atoms with Gasteiger partial charge in [-0.15, -0.1) is 11.3 Å². The highest BCUT2D eigenvalue weighted by Crippen LogP contribution is 2.30. The van der Waals surface area contributed by atoms with Gasteiger partial charge in [-0.3, -0.25) is 4.79 Å². The maximum atomic E-state index is 12.7. The van der Waals surface area contributed by atoms with Crippen LogP contribution in [0, 0.1) is 0 Å². The lowest BCUT2D eigenvalue weighted by molar-refractivity contribution is 0.0857. The third-order valence-electron chi connectivity index (χ3n) is 5.44. The topological polar surface area (TPSA) is 76.5 Å². The smallest absolute Gasteiger partial charge is 0.409 e. The Bertz CT molecular complexity index is 1050. The number of hydrogen-bond acceptors (Lipinski definition) is 5. The van der Waals surface area contributed by atoms with E-state index in [-0.39, 0.29) is 18.0 Å². The number of hydrogen-bond donors (Lipinski definition) is 1. The molecular weight excluding hydrogens is 400 g/mol. The van der Waals surface area contributed by atoms with E-state index in [9.17, 15) is 9.59 Å². The Morgan fingerprint density at radius 1 is 1.23 bits per heavy atom. The van der Waals surface area contributed by atoms with Crippen molar-refractivity contribution in [2.45, 2.75) is 39.3 Å². The molecule has 1 aliphatic rings. The molecule has 0 radical (unpaired) electrons. The summed E-state index contributed by atoms with van der Waals surface area (Å²) in [4.78, 5) is 30.8. The molecule has 2 amide bonds. The fraction of sp³-hybridized carbons (Fsp3) is 0.409. The summed E-state index contributed by atoms with van der Waals surface area (Å²) in [5, 5.41) is 6.89. The first-order chi connectivity index (χ1) is 14.6. The van der Waals surface area contributed by atoms with Crippen molar-refractivity contribution in [3.63, 3.8) is 0 Å². The Morgan fingerprint density at radius 3 is 2.73 bits per heavy atom. The molecule has 2 aromatic heterocycles. The molecule has 3 heterocycles. The van der Waals surface area contributed by atoms with E-state index in [0.717, 1.165) is 17.2 Å². The molecule has 0 spiro atoms. The van der Waals surface area contributed by atoms with Crippen LogP contribution in [0.15, 0.2) is 35.7 Å². The number of aromatic nitrogens is 2. The minimum absolute atomic E-state index is 0.0374. The monoisotopic (exact) mass is 426 g/mol. The first kappa shape index (κ1) is 20.4. The molecule has 0 atom stereocenters. The second-order valence-corrected chi connectivity index (χ2v) is 8.16. The molecule has 8 heteroatoms. The summed E-state index contributed by atoms with van der Waals surface area (Å²) in [5.41, 5.74) is 2.64. The Morgan fingerprint density at radius 2 is 2.00 bits per heavy atom. The summed E-state index contributed by atoms with van der Waals surface area (Å²) < 4.78 is 7.26. The van der Waals surface area contributed by atoms with Crippen LogP contribution < -0.4 is 5.32 Å². The van der Waals surface area contributed by atoms with Crippen LogP contribution in [0.25, 0.3) is 21.6 Å². The molecule has 1 aliphatic heterocycles. The van der Waals surface area contributed by atoms with Crippen LogP contribution >= 0.6 is 11.3 Å². The van der Waals surface area contributed by atoms with Gasteiger partial charge in [0.25, 0.3) is 5.91 Å².